The summed E-state index contributed by atoms with van der Waals surface area (Å²) in [4.78, 5) is 16.4. The van der Waals surface area contributed by atoms with Crippen molar-refractivity contribution in [2.75, 3.05) is 0 Å². The second-order valence-corrected chi connectivity index (χ2v) is 4.96. The van der Waals surface area contributed by atoms with E-state index >= 15 is 0 Å². The first-order valence-corrected chi connectivity index (χ1v) is 6.58. The Morgan fingerprint density at radius 2 is 2.10 bits per heavy atom. The van der Waals surface area contributed by atoms with Gasteiger partial charge in [0.2, 0.25) is 0 Å². The Labute approximate surface area is 121 Å². The summed E-state index contributed by atoms with van der Waals surface area (Å²) >= 11 is 6.04. The monoisotopic (exact) mass is 285 g/mol. The fourth-order valence-electron chi connectivity index (χ4n) is 2.22. The molecular formula is C15H12ClN3O. The highest BCUT2D eigenvalue weighted by Crippen LogP contribution is 2.21. The molecule has 0 fully saturated rings. The molecule has 0 bridgehead atoms. The zero-order valence-electron chi connectivity index (χ0n) is 10.9. The molecule has 0 unspecified atom stereocenters. The number of rotatable bonds is 3. The molecule has 3 aromatic rings. The van der Waals surface area contributed by atoms with Gasteiger partial charge >= 0.3 is 0 Å². The molecule has 0 aliphatic heterocycles. The number of carbonyl (C=O) groups excluding carboxylic acids is 1. The Kier molecular flexibility index (Phi) is 3.24. The van der Waals surface area contributed by atoms with Crippen LogP contribution >= 0.6 is 11.6 Å². The SMILES string of the molecule is Cn1nc(C(=O)Cc2ccncc2Cl)c2ccccc21. The fraction of sp³-hybridized carbons (Fsp3) is 0.133. The van der Waals surface area contributed by atoms with E-state index in [0.717, 1.165) is 16.5 Å². The molecule has 2 aromatic heterocycles. The number of ketones is 1. The van der Waals surface area contributed by atoms with Crippen LogP contribution in [0.3, 0.4) is 0 Å². The zero-order valence-corrected chi connectivity index (χ0v) is 11.6. The number of carbonyl (C=O) groups is 1. The van der Waals surface area contributed by atoms with Gasteiger partial charge in [-0.2, -0.15) is 5.10 Å². The van der Waals surface area contributed by atoms with Crippen molar-refractivity contribution in [3.05, 3.63) is 59.0 Å². The van der Waals surface area contributed by atoms with Crippen LogP contribution in [-0.4, -0.2) is 20.5 Å². The van der Waals surface area contributed by atoms with Crippen molar-refractivity contribution in [2.24, 2.45) is 7.05 Å². The number of hydrogen-bond donors (Lipinski definition) is 0. The normalized spacial score (nSPS) is 10.9. The Hall–Kier alpha value is -2.20. The Balaban J connectivity index is 2.00. The molecule has 0 saturated carbocycles. The highest BCUT2D eigenvalue weighted by atomic mass is 35.5. The van der Waals surface area contributed by atoms with Gasteiger partial charge in [0.1, 0.15) is 5.69 Å². The summed E-state index contributed by atoms with van der Waals surface area (Å²) < 4.78 is 1.72. The van der Waals surface area contributed by atoms with Crippen molar-refractivity contribution in [1.29, 1.82) is 0 Å². The fourth-order valence-corrected chi connectivity index (χ4v) is 2.41. The molecule has 100 valence electrons. The van der Waals surface area contributed by atoms with E-state index in [1.807, 2.05) is 31.3 Å². The number of aryl methyl sites for hydroxylation is 1. The first kappa shape index (κ1) is 12.8. The zero-order chi connectivity index (χ0) is 14.1. The minimum absolute atomic E-state index is 0.0464. The molecule has 0 spiro atoms. The van der Waals surface area contributed by atoms with Crippen LogP contribution in [0.25, 0.3) is 10.9 Å². The number of halogens is 1. The lowest BCUT2D eigenvalue weighted by molar-refractivity contribution is 0.0989. The second kappa shape index (κ2) is 5.06. The van der Waals surface area contributed by atoms with Gasteiger partial charge in [-0.3, -0.25) is 14.5 Å². The number of pyridine rings is 1. The van der Waals surface area contributed by atoms with E-state index in [9.17, 15) is 4.79 Å². The van der Waals surface area contributed by atoms with Crippen molar-refractivity contribution in [3.8, 4) is 0 Å². The molecule has 20 heavy (non-hydrogen) atoms. The second-order valence-electron chi connectivity index (χ2n) is 4.56. The number of fused-ring (bicyclic) bond motifs is 1. The molecule has 0 amide bonds. The summed E-state index contributed by atoms with van der Waals surface area (Å²) in [6.45, 7) is 0. The van der Waals surface area contributed by atoms with Crippen molar-refractivity contribution in [3.63, 3.8) is 0 Å². The maximum Gasteiger partial charge on any atom is 0.188 e. The Bertz CT molecular complexity index is 795. The van der Waals surface area contributed by atoms with Crippen LogP contribution in [0.2, 0.25) is 5.02 Å². The van der Waals surface area contributed by atoms with Crippen LogP contribution in [0.4, 0.5) is 0 Å². The third-order valence-electron chi connectivity index (χ3n) is 3.23. The maximum atomic E-state index is 12.4. The molecule has 0 aliphatic rings. The molecule has 1 aromatic carbocycles. The van der Waals surface area contributed by atoms with E-state index in [0.29, 0.717) is 10.7 Å². The average molecular weight is 286 g/mol. The third kappa shape index (κ3) is 2.18. The molecule has 0 radical (unpaired) electrons. The van der Waals surface area contributed by atoms with Gasteiger partial charge in [0.05, 0.1) is 10.5 Å². The van der Waals surface area contributed by atoms with Crippen LogP contribution < -0.4 is 0 Å². The number of hydrogen-bond acceptors (Lipinski definition) is 3. The predicted molar refractivity (Wildman–Crippen MR) is 78.0 cm³/mol. The number of nitrogens with zero attached hydrogens (tertiary/aromatic N) is 3. The first-order chi connectivity index (χ1) is 9.66. The van der Waals surface area contributed by atoms with Crippen LogP contribution in [0.15, 0.2) is 42.7 Å². The van der Waals surface area contributed by atoms with Gasteiger partial charge in [-0.05, 0) is 17.7 Å². The number of para-hydroxylation sites is 1. The number of benzene rings is 1. The largest absolute Gasteiger partial charge is 0.292 e. The lowest BCUT2D eigenvalue weighted by Gasteiger charge is -2.01. The van der Waals surface area contributed by atoms with Crippen molar-refractivity contribution < 1.29 is 4.79 Å². The summed E-state index contributed by atoms with van der Waals surface area (Å²) in [6.07, 6.45) is 3.40. The lowest BCUT2D eigenvalue weighted by Crippen LogP contribution is -2.06. The molecule has 0 atom stereocenters. The molecule has 5 heteroatoms. The summed E-state index contributed by atoms with van der Waals surface area (Å²) in [5.41, 5.74) is 2.19. The van der Waals surface area contributed by atoms with E-state index in [-0.39, 0.29) is 12.2 Å². The molecule has 0 N–H and O–H groups in total. The van der Waals surface area contributed by atoms with Crippen LogP contribution in [0.5, 0.6) is 0 Å². The minimum atomic E-state index is -0.0464. The molecular weight excluding hydrogens is 274 g/mol. The highest BCUT2D eigenvalue weighted by Gasteiger charge is 2.17. The number of Topliss-reactive ketones (excluding diaryl/α,β-unsaturated/α-hetero) is 1. The van der Waals surface area contributed by atoms with Gasteiger partial charge in [-0.25, -0.2) is 0 Å². The topological polar surface area (TPSA) is 47.8 Å². The van der Waals surface area contributed by atoms with Gasteiger partial charge < -0.3 is 0 Å². The summed E-state index contributed by atoms with van der Waals surface area (Å²) in [7, 11) is 1.83. The van der Waals surface area contributed by atoms with E-state index < -0.39 is 0 Å². The van der Waals surface area contributed by atoms with E-state index in [1.165, 1.54) is 0 Å². The van der Waals surface area contributed by atoms with E-state index in [2.05, 4.69) is 10.1 Å². The van der Waals surface area contributed by atoms with Gasteiger partial charge in [-0.1, -0.05) is 29.8 Å². The Morgan fingerprint density at radius 1 is 1.30 bits per heavy atom. The van der Waals surface area contributed by atoms with Crippen molar-refractivity contribution >= 4 is 28.3 Å². The number of aromatic nitrogens is 3. The smallest absolute Gasteiger partial charge is 0.188 e. The van der Waals surface area contributed by atoms with Crippen molar-refractivity contribution in [2.45, 2.75) is 6.42 Å². The van der Waals surface area contributed by atoms with E-state index in [1.54, 1.807) is 23.1 Å². The summed E-state index contributed by atoms with van der Waals surface area (Å²) in [5.74, 6) is -0.0464. The summed E-state index contributed by atoms with van der Waals surface area (Å²) in [5, 5.41) is 5.69. The molecule has 4 nitrogen and oxygen atoms in total. The van der Waals surface area contributed by atoms with Crippen LogP contribution in [0.1, 0.15) is 16.1 Å². The van der Waals surface area contributed by atoms with E-state index in [4.69, 9.17) is 11.6 Å². The van der Waals surface area contributed by atoms with Gasteiger partial charge in [-0.15, -0.1) is 0 Å². The Morgan fingerprint density at radius 3 is 2.90 bits per heavy atom. The average Bonchev–Trinajstić information content (AvgIpc) is 2.79. The molecule has 2 heterocycles. The van der Waals surface area contributed by atoms with Gasteiger partial charge in [0, 0.05) is 31.2 Å². The van der Waals surface area contributed by atoms with Crippen LogP contribution in [-0.2, 0) is 13.5 Å². The summed E-state index contributed by atoms with van der Waals surface area (Å²) in [6, 6.07) is 9.44. The van der Waals surface area contributed by atoms with Gasteiger partial charge in [0.25, 0.3) is 0 Å². The maximum absolute atomic E-state index is 12.4. The molecule has 0 aliphatic carbocycles. The first-order valence-electron chi connectivity index (χ1n) is 6.20. The van der Waals surface area contributed by atoms with Crippen LogP contribution in [0, 0.1) is 0 Å². The predicted octanol–water partition coefficient (Wildman–Crippen LogP) is 3.05. The third-order valence-corrected chi connectivity index (χ3v) is 3.57. The minimum Gasteiger partial charge on any atom is -0.292 e. The molecule has 0 saturated heterocycles. The quantitative estimate of drug-likeness (QED) is 0.695. The van der Waals surface area contributed by atoms with Gasteiger partial charge in [0.15, 0.2) is 5.78 Å². The highest BCUT2D eigenvalue weighted by molar-refractivity contribution is 6.31. The molecule has 3 rings (SSSR count). The standard InChI is InChI=1S/C15H12ClN3O/c1-19-13-5-3-2-4-11(13)15(18-19)14(20)8-10-6-7-17-9-12(10)16/h2-7,9H,8H2,1H3. The lowest BCUT2D eigenvalue weighted by atomic mass is 10.1. The van der Waals surface area contributed by atoms with Crippen molar-refractivity contribution in [1.82, 2.24) is 14.8 Å².